The van der Waals surface area contributed by atoms with Gasteiger partial charge in [0.15, 0.2) is 6.61 Å². The molecular weight excluding hydrogens is 257 g/mol. The van der Waals surface area contributed by atoms with Gasteiger partial charge in [0, 0.05) is 5.02 Å². The number of hydrogen-bond donors (Lipinski definition) is 1. The van der Waals surface area contributed by atoms with Gasteiger partial charge in [0.05, 0.1) is 12.1 Å². The standard InChI is InChI=1S/C9H7Cl2NO4/c10-5-1-6(12-7(11)2-5)3-9(15)16-4-8(13)14/h1-2H,3-4H2,(H,13,14). The Labute approximate surface area is 101 Å². The second-order valence-corrected chi connectivity index (χ2v) is 3.65. The maximum atomic E-state index is 11.1. The zero-order chi connectivity index (χ0) is 12.1. The Morgan fingerprint density at radius 3 is 2.62 bits per heavy atom. The van der Waals surface area contributed by atoms with Gasteiger partial charge in [-0.25, -0.2) is 9.78 Å². The highest BCUT2D eigenvalue weighted by Crippen LogP contribution is 2.15. The first kappa shape index (κ1) is 12.7. The molecule has 1 heterocycles. The minimum Gasteiger partial charge on any atom is -0.479 e. The quantitative estimate of drug-likeness (QED) is 0.659. The Morgan fingerprint density at radius 1 is 1.38 bits per heavy atom. The molecule has 0 aliphatic rings. The zero-order valence-corrected chi connectivity index (χ0v) is 9.46. The Balaban J connectivity index is 2.59. The van der Waals surface area contributed by atoms with Crippen molar-refractivity contribution < 1.29 is 19.4 Å². The number of halogens is 2. The molecule has 1 rings (SSSR count). The first-order valence-electron chi connectivity index (χ1n) is 4.17. The smallest absolute Gasteiger partial charge is 0.341 e. The lowest BCUT2D eigenvalue weighted by molar-refractivity contribution is -0.154. The molecule has 0 saturated heterocycles. The van der Waals surface area contributed by atoms with E-state index in [-0.39, 0.29) is 11.6 Å². The summed E-state index contributed by atoms with van der Waals surface area (Å²) < 4.78 is 4.42. The van der Waals surface area contributed by atoms with Crippen LogP contribution >= 0.6 is 23.2 Å². The number of aromatic nitrogens is 1. The predicted molar refractivity (Wildman–Crippen MR) is 56.6 cm³/mol. The van der Waals surface area contributed by atoms with E-state index in [0.717, 1.165) is 0 Å². The highest BCUT2D eigenvalue weighted by atomic mass is 35.5. The largest absolute Gasteiger partial charge is 0.479 e. The van der Waals surface area contributed by atoms with Crippen LogP contribution in [0.3, 0.4) is 0 Å². The van der Waals surface area contributed by atoms with Gasteiger partial charge in [0.2, 0.25) is 0 Å². The first-order valence-corrected chi connectivity index (χ1v) is 4.92. The highest BCUT2D eigenvalue weighted by Gasteiger charge is 2.09. The Hall–Kier alpha value is -1.33. The molecule has 1 aromatic rings. The average molecular weight is 264 g/mol. The van der Waals surface area contributed by atoms with E-state index in [2.05, 4.69) is 9.72 Å². The van der Waals surface area contributed by atoms with Crippen LogP contribution < -0.4 is 0 Å². The van der Waals surface area contributed by atoms with Gasteiger partial charge in [0.25, 0.3) is 0 Å². The number of carbonyl (C=O) groups is 2. The summed E-state index contributed by atoms with van der Waals surface area (Å²) in [6.45, 7) is -0.673. The lowest BCUT2D eigenvalue weighted by atomic mass is 10.3. The fourth-order valence-electron chi connectivity index (χ4n) is 0.948. The normalized spacial score (nSPS) is 9.88. The van der Waals surface area contributed by atoms with E-state index in [1.165, 1.54) is 12.1 Å². The number of esters is 1. The lowest BCUT2D eigenvalue weighted by Gasteiger charge is -2.02. The average Bonchev–Trinajstić information content (AvgIpc) is 2.12. The zero-order valence-electron chi connectivity index (χ0n) is 7.94. The molecule has 1 N–H and O–H groups in total. The van der Waals surface area contributed by atoms with Crippen LogP contribution in [0, 0.1) is 0 Å². The molecule has 0 atom stereocenters. The fraction of sp³-hybridized carbons (Fsp3) is 0.222. The van der Waals surface area contributed by atoms with Crippen molar-refractivity contribution in [2.75, 3.05) is 6.61 Å². The van der Waals surface area contributed by atoms with Crippen molar-refractivity contribution in [2.24, 2.45) is 0 Å². The molecule has 0 aliphatic heterocycles. The van der Waals surface area contributed by atoms with Crippen LogP contribution in [0.4, 0.5) is 0 Å². The minimum absolute atomic E-state index is 0.161. The third kappa shape index (κ3) is 4.46. The minimum atomic E-state index is -1.22. The van der Waals surface area contributed by atoms with Gasteiger partial charge in [0.1, 0.15) is 5.15 Å². The molecule has 16 heavy (non-hydrogen) atoms. The highest BCUT2D eigenvalue weighted by molar-refractivity contribution is 6.33. The van der Waals surface area contributed by atoms with Crippen molar-refractivity contribution in [3.8, 4) is 0 Å². The summed E-state index contributed by atoms with van der Waals surface area (Å²) in [6.07, 6.45) is -0.173. The van der Waals surface area contributed by atoms with E-state index in [9.17, 15) is 9.59 Å². The SMILES string of the molecule is O=C(O)COC(=O)Cc1cc(Cl)cc(Cl)n1. The third-order valence-electron chi connectivity index (χ3n) is 1.49. The topological polar surface area (TPSA) is 76.5 Å². The number of carbonyl (C=O) groups excluding carboxylic acids is 1. The molecule has 0 spiro atoms. The molecule has 0 aromatic carbocycles. The summed E-state index contributed by atoms with van der Waals surface area (Å²) in [5.41, 5.74) is 0.327. The Bertz CT molecular complexity index is 402. The van der Waals surface area contributed by atoms with Crippen molar-refractivity contribution >= 4 is 35.1 Å². The third-order valence-corrected chi connectivity index (χ3v) is 1.91. The van der Waals surface area contributed by atoms with Crippen molar-refractivity contribution in [1.82, 2.24) is 4.98 Å². The van der Waals surface area contributed by atoms with Gasteiger partial charge in [-0.2, -0.15) is 0 Å². The summed E-state index contributed by atoms with van der Waals surface area (Å²) in [4.78, 5) is 25.1. The van der Waals surface area contributed by atoms with Crippen LogP contribution in [0.15, 0.2) is 12.1 Å². The Morgan fingerprint density at radius 2 is 2.06 bits per heavy atom. The van der Waals surface area contributed by atoms with Crippen LogP contribution in [-0.2, 0) is 20.7 Å². The number of hydrogen-bond acceptors (Lipinski definition) is 4. The number of rotatable bonds is 4. The van der Waals surface area contributed by atoms with Gasteiger partial charge < -0.3 is 9.84 Å². The van der Waals surface area contributed by atoms with Gasteiger partial charge in [-0.3, -0.25) is 4.79 Å². The van der Waals surface area contributed by atoms with Crippen molar-refractivity contribution in [2.45, 2.75) is 6.42 Å². The van der Waals surface area contributed by atoms with E-state index in [1.807, 2.05) is 0 Å². The van der Waals surface area contributed by atoms with E-state index in [4.69, 9.17) is 28.3 Å². The summed E-state index contributed by atoms with van der Waals surface area (Å²) in [5, 5.41) is 8.79. The molecule has 0 saturated carbocycles. The molecule has 0 aliphatic carbocycles. The lowest BCUT2D eigenvalue weighted by Crippen LogP contribution is -2.15. The molecular formula is C9H7Cl2NO4. The number of aliphatic carboxylic acids is 1. The second kappa shape index (κ2) is 5.67. The molecule has 86 valence electrons. The van der Waals surface area contributed by atoms with Crippen molar-refractivity contribution in [3.63, 3.8) is 0 Å². The fourth-order valence-corrected chi connectivity index (χ4v) is 1.46. The molecule has 1 aromatic heterocycles. The van der Waals surface area contributed by atoms with Crippen LogP contribution in [0.5, 0.6) is 0 Å². The van der Waals surface area contributed by atoms with Gasteiger partial charge in [-0.15, -0.1) is 0 Å². The van der Waals surface area contributed by atoms with Crippen LogP contribution in [0.2, 0.25) is 10.2 Å². The second-order valence-electron chi connectivity index (χ2n) is 2.83. The molecule has 7 heteroatoms. The number of pyridine rings is 1. The summed E-state index contributed by atoms with van der Waals surface area (Å²) >= 11 is 11.3. The van der Waals surface area contributed by atoms with E-state index in [0.29, 0.717) is 10.7 Å². The predicted octanol–water partition coefficient (Wildman–Crippen LogP) is 1.56. The molecule has 0 fully saturated rings. The first-order chi connectivity index (χ1) is 7.47. The summed E-state index contributed by atoms with van der Waals surface area (Å²) in [5.74, 6) is -1.92. The van der Waals surface area contributed by atoms with Crippen LogP contribution in [0.1, 0.15) is 5.69 Å². The number of carboxylic acids is 1. The van der Waals surface area contributed by atoms with E-state index < -0.39 is 18.5 Å². The number of nitrogens with zero attached hydrogens (tertiary/aromatic N) is 1. The number of carboxylic acid groups (broad SMARTS) is 1. The van der Waals surface area contributed by atoms with Crippen LogP contribution in [-0.4, -0.2) is 28.6 Å². The monoisotopic (exact) mass is 263 g/mol. The van der Waals surface area contributed by atoms with E-state index in [1.54, 1.807) is 0 Å². The maximum Gasteiger partial charge on any atom is 0.341 e. The van der Waals surface area contributed by atoms with Gasteiger partial charge >= 0.3 is 11.9 Å². The Kier molecular flexibility index (Phi) is 4.52. The van der Waals surface area contributed by atoms with Crippen LogP contribution in [0.25, 0.3) is 0 Å². The number of ether oxygens (including phenoxy) is 1. The van der Waals surface area contributed by atoms with Crippen molar-refractivity contribution in [1.29, 1.82) is 0 Å². The maximum absolute atomic E-state index is 11.1. The summed E-state index contributed by atoms with van der Waals surface area (Å²) in [6, 6.07) is 2.88. The molecule has 0 amide bonds. The van der Waals surface area contributed by atoms with Crippen molar-refractivity contribution in [3.05, 3.63) is 28.0 Å². The molecule has 0 unspecified atom stereocenters. The molecule has 0 bridgehead atoms. The summed E-state index contributed by atoms with van der Waals surface area (Å²) in [7, 11) is 0. The molecule has 0 radical (unpaired) electrons. The molecule has 5 nitrogen and oxygen atoms in total. The van der Waals surface area contributed by atoms with Gasteiger partial charge in [-0.1, -0.05) is 23.2 Å². The van der Waals surface area contributed by atoms with E-state index >= 15 is 0 Å². The van der Waals surface area contributed by atoms with Gasteiger partial charge in [-0.05, 0) is 12.1 Å².